The van der Waals surface area contributed by atoms with E-state index in [1.165, 1.54) is 25.5 Å². The van der Waals surface area contributed by atoms with Gasteiger partial charge in [0.25, 0.3) is 0 Å². The van der Waals surface area contributed by atoms with E-state index in [9.17, 15) is 4.79 Å². The molecule has 1 unspecified atom stereocenters. The number of rotatable bonds is 4. The summed E-state index contributed by atoms with van der Waals surface area (Å²) in [4.78, 5) is 15.1. The van der Waals surface area contributed by atoms with Gasteiger partial charge in [-0.05, 0) is 31.7 Å². The lowest BCUT2D eigenvalue weighted by molar-refractivity contribution is 0.1000. The summed E-state index contributed by atoms with van der Waals surface area (Å²) in [7, 11) is 0. The summed E-state index contributed by atoms with van der Waals surface area (Å²) in [6.45, 7) is 2.13. The molecule has 1 amide bonds. The molecular formula is C12H16ClN3O. The minimum absolute atomic E-state index is 0.330. The molecule has 4 nitrogen and oxygen atoms in total. The zero-order chi connectivity index (χ0) is 12.4. The fraction of sp³-hybridized carbons (Fsp3) is 0.500. The van der Waals surface area contributed by atoms with E-state index in [0.29, 0.717) is 28.4 Å². The van der Waals surface area contributed by atoms with Gasteiger partial charge in [-0.15, -0.1) is 0 Å². The first-order chi connectivity index (χ1) is 8.08. The first kappa shape index (κ1) is 12.2. The maximum Gasteiger partial charge on any atom is 0.250 e. The Morgan fingerprint density at radius 2 is 2.35 bits per heavy atom. The standard InChI is InChI=1S/C12H16ClN3O/c1-7(8-3-2-4-8)16-12-10(13)5-9(6-15-12)11(14)17/h5-8H,2-4H2,1H3,(H2,14,17)(H,15,16). The summed E-state index contributed by atoms with van der Waals surface area (Å²) < 4.78 is 0. The van der Waals surface area contributed by atoms with Crippen LogP contribution in [0, 0.1) is 5.92 Å². The smallest absolute Gasteiger partial charge is 0.250 e. The Balaban J connectivity index is 2.07. The second-order valence-corrected chi connectivity index (χ2v) is 4.95. The van der Waals surface area contributed by atoms with Crippen molar-refractivity contribution in [1.29, 1.82) is 0 Å². The number of primary amides is 1. The minimum atomic E-state index is -0.516. The molecule has 1 aliphatic carbocycles. The Hall–Kier alpha value is -1.29. The Bertz CT molecular complexity index is 432. The van der Waals surface area contributed by atoms with Gasteiger partial charge < -0.3 is 11.1 Å². The molecule has 0 spiro atoms. The molecule has 1 heterocycles. The molecule has 0 saturated heterocycles. The Morgan fingerprint density at radius 1 is 1.65 bits per heavy atom. The SMILES string of the molecule is CC(Nc1ncc(C(N)=O)cc1Cl)C1CCC1. The lowest BCUT2D eigenvalue weighted by Crippen LogP contribution is -2.31. The maximum atomic E-state index is 11.0. The van der Waals surface area contributed by atoms with Crippen LogP contribution in [0.25, 0.3) is 0 Å². The Morgan fingerprint density at radius 3 is 2.82 bits per heavy atom. The molecule has 3 N–H and O–H groups in total. The van der Waals surface area contributed by atoms with Gasteiger partial charge in [0.2, 0.25) is 5.91 Å². The zero-order valence-electron chi connectivity index (χ0n) is 9.74. The summed E-state index contributed by atoms with van der Waals surface area (Å²) in [5, 5.41) is 3.72. The van der Waals surface area contributed by atoms with Crippen LogP contribution in [0.5, 0.6) is 0 Å². The van der Waals surface area contributed by atoms with Crippen molar-refractivity contribution in [3.8, 4) is 0 Å². The summed E-state index contributed by atoms with van der Waals surface area (Å²) in [5.41, 5.74) is 5.49. The molecule has 1 aromatic heterocycles. The van der Waals surface area contributed by atoms with E-state index in [0.717, 1.165) is 0 Å². The highest BCUT2D eigenvalue weighted by molar-refractivity contribution is 6.33. The lowest BCUT2D eigenvalue weighted by Gasteiger charge is -2.32. The topological polar surface area (TPSA) is 68.0 Å². The van der Waals surface area contributed by atoms with Crippen LogP contribution in [0.1, 0.15) is 36.5 Å². The molecule has 17 heavy (non-hydrogen) atoms. The molecular weight excluding hydrogens is 238 g/mol. The number of amides is 1. The molecule has 1 atom stereocenters. The number of nitrogens with two attached hydrogens (primary N) is 1. The number of nitrogens with one attached hydrogen (secondary N) is 1. The minimum Gasteiger partial charge on any atom is -0.366 e. The largest absolute Gasteiger partial charge is 0.366 e. The summed E-state index contributed by atoms with van der Waals surface area (Å²) in [6.07, 6.45) is 5.26. The fourth-order valence-electron chi connectivity index (χ4n) is 1.95. The highest BCUT2D eigenvalue weighted by atomic mass is 35.5. The van der Waals surface area contributed by atoms with Gasteiger partial charge in [-0.1, -0.05) is 18.0 Å². The van der Waals surface area contributed by atoms with Crippen molar-refractivity contribution in [3.63, 3.8) is 0 Å². The zero-order valence-corrected chi connectivity index (χ0v) is 10.5. The normalized spacial score (nSPS) is 17.3. The van der Waals surface area contributed by atoms with Gasteiger partial charge in [0, 0.05) is 12.2 Å². The van der Waals surface area contributed by atoms with Crippen molar-refractivity contribution < 1.29 is 4.79 Å². The summed E-state index contributed by atoms with van der Waals surface area (Å²) in [6, 6.07) is 1.90. The van der Waals surface area contributed by atoms with Crippen LogP contribution in [-0.4, -0.2) is 16.9 Å². The Labute approximate surface area is 106 Å². The van der Waals surface area contributed by atoms with Gasteiger partial charge >= 0.3 is 0 Å². The van der Waals surface area contributed by atoms with Gasteiger partial charge in [0.05, 0.1) is 10.6 Å². The number of anilines is 1. The van der Waals surface area contributed by atoms with Crippen molar-refractivity contribution in [1.82, 2.24) is 4.98 Å². The second-order valence-electron chi connectivity index (χ2n) is 4.54. The van der Waals surface area contributed by atoms with Gasteiger partial charge in [-0.2, -0.15) is 0 Å². The fourth-order valence-corrected chi connectivity index (χ4v) is 2.17. The number of hydrogen-bond acceptors (Lipinski definition) is 3. The number of carbonyl (C=O) groups is 1. The molecule has 5 heteroatoms. The second kappa shape index (κ2) is 4.92. The number of carbonyl (C=O) groups excluding carboxylic acids is 1. The molecule has 0 aliphatic heterocycles. The lowest BCUT2D eigenvalue weighted by atomic mass is 9.80. The third-order valence-electron chi connectivity index (χ3n) is 3.35. The highest BCUT2D eigenvalue weighted by Gasteiger charge is 2.24. The number of nitrogens with zero attached hydrogens (tertiary/aromatic N) is 1. The van der Waals surface area contributed by atoms with Crippen LogP contribution < -0.4 is 11.1 Å². The first-order valence-corrected chi connectivity index (χ1v) is 6.17. The monoisotopic (exact) mass is 253 g/mol. The predicted molar refractivity (Wildman–Crippen MR) is 68.2 cm³/mol. The van der Waals surface area contributed by atoms with Gasteiger partial charge in [-0.3, -0.25) is 4.79 Å². The molecule has 0 aromatic carbocycles. The third kappa shape index (κ3) is 2.69. The molecule has 1 aromatic rings. The Kier molecular flexibility index (Phi) is 3.52. The van der Waals surface area contributed by atoms with Crippen LogP contribution in [0.3, 0.4) is 0 Å². The summed E-state index contributed by atoms with van der Waals surface area (Å²) in [5.74, 6) is 0.803. The van der Waals surface area contributed by atoms with Gasteiger partial charge in [0.1, 0.15) is 5.82 Å². The van der Waals surface area contributed by atoms with Gasteiger partial charge in [0.15, 0.2) is 0 Å². The third-order valence-corrected chi connectivity index (χ3v) is 3.64. The molecule has 1 fully saturated rings. The van der Waals surface area contributed by atoms with Crippen LogP contribution >= 0.6 is 11.6 Å². The van der Waals surface area contributed by atoms with Crippen LogP contribution in [0.2, 0.25) is 5.02 Å². The molecule has 0 radical (unpaired) electrons. The van der Waals surface area contributed by atoms with Crippen LogP contribution in [-0.2, 0) is 0 Å². The highest BCUT2D eigenvalue weighted by Crippen LogP contribution is 2.32. The molecule has 0 bridgehead atoms. The number of aromatic nitrogens is 1. The van der Waals surface area contributed by atoms with Crippen molar-refractivity contribution in [2.45, 2.75) is 32.2 Å². The summed E-state index contributed by atoms with van der Waals surface area (Å²) >= 11 is 6.05. The van der Waals surface area contributed by atoms with E-state index >= 15 is 0 Å². The molecule has 2 rings (SSSR count). The average Bonchev–Trinajstić information content (AvgIpc) is 2.18. The average molecular weight is 254 g/mol. The number of pyridine rings is 1. The van der Waals surface area contributed by atoms with Crippen molar-refractivity contribution in [2.75, 3.05) is 5.32 Å². The number of hydrogen-bond donors (Lipinski definition) is 2. The van der Waals surface area contributed by atoms with Crippen molar-refractivity contribution in [3.05, 3.63) is 22.8 Å². The molecule has 1 saturated carbocycles. The predicted octanol–water partition coefficient (Wildman–Crippen LogP) is 2.43. The van der Waals surface area contributed by atoms with Gasteiger partial charge in [-0.25, -0.2) is 4.98 Å². The quantitative estimate of drug-likeness (QED) is 0.866. The van der Waals surface area contributed by atoms with E-state index in [1.54, 1.807) is 6.07 Å². The van der Waals surface area contributed by atoms with E-state index < -0.39 is 5.91 Å². The van der Waals surface area contributed by atoms with Crippen molar-refractivity contribution in [2.24, 2.45) is 11.7 Å². The van der Waals surface area contributed by atoms with Crippen molar-refractivity contribution >= 4 is 23.3 Å². The van der Waals surface area contributed by atoms with E-state index in [4.69, 9.17) is 17.3 Å². The molecule has 92 valence electrons. The van der Waals surface area contributed by atoms with E-state index in [2.05, 4.69) is 17.2 Å². The maximum absolute atomic E-state index is 11.0. The first-order valence-electron chi connectivity index (χ1n) is 5.80. The number of halogens is 1. The van der Waals surface area contributed by atoms with E-state index in [1.807, 2.05) is 0 Å². The van der Waals surface area contributed by atoms with Crippen LogP contribution in [0.4, 0.5) is 5.82 Å². The molecule has 1 aliphatic rings. The van der Waals surface area contributed by atoms with E-state index in [-0.39, 0.29) is 0 Å². The van der Waals surface area contributed by atoms with Crippen LogP contribution in [0.15, 0.2) is 12.3 Å².